The van der Waals surface area contributed by atoms with Crippen LogP contribution in [-0.4, -0.2) is 0 Å². The molecule has 0 N–H and O–H groups in total. The smallest absolute Gasteiger partial charge is 0.810 e. The first-order chi connectivity index (χ1) is 4.79. The van der Waals surface area contributed by atoms with E-state index in [2.05, 4.69) is 4.52 Å². The molecule has 0 fully saturated rings. The summed E-state index contributed by atoms with van der Waals surface area (Å²) in [5.74, 6) is 0.346. The predicted octanol–water partition coefficient (Wildman–Crippen LogP) is -2.98. The van der Waals surface area contributed by atoms with Gasteiger partial charge in [-0.15, -0.1) is 0 Å². The summed E-state index contributed by atoms with van der Waals surface area (Å²) in [6.45, 7) is 0. The van der Waals surface area contributed by atoms with E-state index in [4.69, 9.17) is 0 Å². The second-order valence-corrected chi connectivity index (χ2v) is 2.26. The molecule has 5 heteroatoms. The van der Waals surface area contributed by atoms with Gasteiger partial charge in [-0.25, -0.2) is 0 Å². The third-order valence-electron chi connectivity index (χ3n) is 0.923. The molecule has 0 heterocycles. The van der Waals surface area contributed by atoms with Crippen LogP contribution in [0.4, 0.5) is 0 Å². The Hall–Kier alpha value is 1.01. The van der Waals surface area contributed by atoms with Gasteiger partial charge >= 0.3 is 51.4 Å². The Morgan fingerprint density at radius 2 is 1.64 bits per heavy atom. The zero-order valence-corrected chi connectivity index (χ0v) is 10.1. The number of hydrogen-bond donors (Lipinski definition) is 0. The molecule has 11 heavy (non-hydrogen) atoms. The summed E-state index contributed by atoms with van der Waals surface area (Å²) >= 11 is 0. The van der Waals surface area contributed by atoms with Crippen LogP contribution in [0.5, 0.6) is 5.75 Å². The maximum Gasteiger partial charge on any atom is 1.00 e. The van der Waals surface area contributed by atoms with E-state index < -0.39 is 8.60 Å². The van der Waals surface area contributed by atoms with Crippen LogP contribution in [0, 0.1) is 0 Å². The van der Waals surface area contributed by atoms with Crippen molar-refractivity contribution >= 4 is 8.60 Å². The molecule has 0 aliphatic carbocycles. The van der Waals surface area contributed by atoms with Gasteiger partial charge in [0.2, 0.25) is 0 Å². The molecule has 0 bridgehead atoms. The summed E-state index contributed by atoms with van der Waals surface area (Å²) < 4.78 is 4.37. The van der Waals surface area contributed by atoms with Gasteiger partial charge in [0.25, 0.3) is 0 Å². The van der Waals surface area contributed by atoms with Gasteiger partial charge in [-0.2, -0.15) is 0 Å². The maximum atomic E-state index is 9.98. The fourth-order valence-corrected chi connectivity index (χ4v) is 0.861. The summed E-state index contributed by atoms with van der Waals surface area (Å²) in [6, 6.07) is 8.34. The van der Waals surface area contributed by atoms with Gasteiger partial charge in [0.15, 0.2) is 0 Å². The van der Waals surface area contributed by atoms with Crippen molar-refractivity contribution in [2.45, 2.75) is 0 Å². The number of rotatable bonds is 2. The van der Waals surface area contributed by atoms with Crippen LogP contribution in [-0.2, 0) is 0 Å². The Kier molecular flexibility index (Phi) is 7.11. The Morgan fingerprint density at radius 3 is 2.09 bits per heavy atom. The van der Waals surface area contributed by atoms with Crippen molar-refractivity contribution in [1.82, 2.24) is 0 Å². The molecule has 0 aliphatic rings. The van der Waals surface area contributed by atoms with Crippen molar-refractivity contribution in [2.24, 2.45) is 0 Å². The molecule has 0 unspecified atom stereocenters. The van der Waals surface area contributed by atoms with Crippen LogP contribution in [0.25, 0.3) is 0 Å². The third kappa shape index (κ3) is 5.28. The number of hydrogen-bond acceptors (Lipinski definition) is 3. The van der Waals surface area contributed by atoms with Crippen LogP contribution in [0.2, 0.25) is 0 Å². The summed E-state index contributed by atoms with van der Waals surface area (Å²) in [6.07, 6.45) is 0. The molecular formula is C6H5KO3P-. The molecule has 3 nitrogen and oxygen atoms in total. The maximum absolute atomic E-state index is 9.98. The second kappa shape index (κ2) is 6.51. The van der Waals surface area contributed by atoms with E-state index in [0.29, 0.717) is 5.75 Å². The van der Waals surface area contributed by atoms with Crippen molar-refractivity contribution in [2.75, 3.05) is 0 Å². The monoisotopic (exact) mass is 195 g/mol. The van der Waals surface area contributed by atoms with E-state index in [1.807, 2.05) is 0 Å². The van der Waals surface area contributed by atoms with E-state index in [0.717, 1.165) is 0 Å². The van der Waals surface area contributed by atoms with Crippen molar-refractivity contribution < 1.29 is 65.7 Å². The molecule has 0 saturated carbocycles. The third-order valence-corrected chi connectivity index (χ3v) is 1.28. The van der Waals surface area contributed by atoms with Gasteiger partial charge in [-0.05, 0) is 12.1 Å². The Bertz CT molecular complexity index is 192. The molecule has 0 atom stereocenters. The summed E-state index contributed by atoms with van der Waals surface area (Å²) in [7, 11) is -2.78. The molecule has 1 aromatic rings. The minimum atomic E-state index is -2.78. The molecule has 1 aromatic carbocycles. The van der Waals surface area contributed by atoms with Gasteiger partial charge in [-0.3, -0.25) is 0 Å². The quantitative estimate of drug-likeness (QED) is 0.374. The molecule has 0 aromatic heterocycles. The van der Waals surface area contributed by atoms with E-state index >= 15 is 0 Å². The van der Waals surface area contributed by atoms with E-state index in [1.165, 1.54) is 0 Å². The van der Waals surface area contributed by atoms with Crippen LogP contribution >= 0.6 is 8.60 Å². The van der Waals surface area contributed by atoms with Crippen molar-refractivity contribution in [3.8, 4) is 5.75 Å². The zero-order valence-electron chi connectivity index (χ0n) is 6.06. The standard InChI is InChI=1S/C6H5O3P.K/c7-10(8)9-6-4-2-1-3-5-6;/h1-5H;/q-2;+1. The van der Waals surface area contributed by atoms with Crippen molar-refractivity contribution in [1.29, 1.82) is 0 Å². The van der Waals surface area contributed by atoms with Crippen LogP contribution in [0.1, 0.15) is 0 Å². The molecule has 0 saturated heterocycles. The van der Waals surface area contributed by atoms with Gasteiger partial charge in [-0.1, -0.05) is 26.8 Å². The van der Waals surface area contributed by atoms with E-state index in [9.17, 15) is 9.79 Å². The first kappa shape index (κ1) is 12.0. The summed E-state index contributed by atoms with van der Waals surface area (Å²) in [4.78, 5) is 20.0. The minimum Gasteiger partial charge on any atom is -0.810 e. The first-order valence-electron chi connectivity index (χ1n) is 2.66. The minimum absolute atomic E-state index is 0. The molecule has 0 aliphatic heterocycles. The topological polar surface area (TPSA) is 55.3 Å². The average molecular weight is 195 g/mol. The summed E-state index contributed by atoms with van der Waals surface area (Å²) in [5, 5.41) is 0. The number of para-hydroxylation sites is 1. The second-order valence-electron chi connectivity index (χ2n) is 1.63. The van der Waals surface area contributed by atoms with Gasteiger partial charge in [0.05, 0.1) is 0 Å². The Labute approximate surface area is 109 Å². The summed E-state index contributed by atoms with van der Waals surface area (Å²) in [5.41, 5.74) is 0. The van der Waals surface area contributed by atoms with E-state index in [1.54, 1.807) is 30.3 Å². The van der Waals surface area contributed by atoms with Gasteiger partial charge in [0.1, 0.15) is 5.75 Å². The number of benzene rings is 1. The van der Waals surface area contributed by atoms with Crippen LogP contribution in [0.3, 0.4) is 0 Å². The zero-order chi connectivity index (χ0) is 7.40. The Balaban J connectivity index is 0.000001000. The van der Waals surface area contributed by atoms with Crippen LogP contribution in [0.15, 0.2) is 30.3 Å². The molecule has 0 radical (unpaired) electrons. The van der Waals surface area contributed by atoms with E-state index in [-0.39, 0.29) is 51.4 Å². The SMILES string of the molecule is [K+].[O-]P([O-])Oc1ccccc1. The molecule has 54 valence electrons. The first-order valence-corrected chi connectivity index (χ1v) is 3.76. The predicted molar refractivity (Wildman–Crippen MR) is 34.0 cm³/mol. The fourth-order valence-electron chi connectivity index (χ4n) is 0.567. The van der Waals surface area contributed by atoms with Crippen molar-refractivity contribution in [3.05, 3.63) is 30.3 Å². The fraction of sp³-hybridized carbons (Fsp3) is 0. The Morgan fingerprint density at radius 1 is 1.09 bits per heavy atom. The molecule has 0 amide bonds. The van der Waals surface area contributed by atoms with Gasteiger partial charge < -0.3 is 14.3 Å². The molecular weight excluding hydrogens is 190 g/mol. The molecule has 0 spiro atoms. The largest absolute Gasteiger partial charge is 1.00 e. The van der Waals surface area contributed by atoms with Gasteiger partial charge in [0, 0.05) is 0 Å². The normalized spacial score (nSPS) is 9.00. The van der Waals surface area contributed by atoms with Crippen LogP contribution < -0.4 is 65.7 Å². The molecule has 1 rings (SSSR count). The van der Waals surface area contributed by atoms with Crippen molar-refractivity contribution in [3.63, 3.8) is 0 Å². The average Bonchev–Trinajstić information content (AvgIpc) is 1.88.